The van der Waals surface area contributed by atoms with Gasteiger partial charge in [0.05, 0.1) is 44.7 Å². The Morgan fingerprint density at radius 2 is 1.80 bits per heavy atom. The average molecular weight is 513 g/mol. The van der Waals surface area contributed by atoms with Crippen LogP contribution in [0.25, 0.3) is 0 Å². The highest BCUT2D eigenvalue weighted by molar-refractivity contribution is 5.82. The third-order valence-electron chi connectivity index (χ3n) is 4.86. The molecule has 7 N–H and O–H groups in total. The summed E-state index contributed by atoms with van der Waals surface area (Å²) in [6.45, 7) is 2.29. The lowest BCUT2D eigenvalue weighted by Crippen LogP contribution is -2.68. The number of ether oxygens (including phenoxy) is 5. The predicted octanol–water partition coefficient (Wildman–Crippen LogP) is -3.07. The van der Waals surface area contributed by atoms with Crippen molar-refractivity contribution in [3.8, 4) is 0 Å². The van der Waals surface area contributed by atoms with Crippen LogP contribution < -0.4 is 10.6 Å². The number of aliphatic carboxylic acids is 1. The summed E-state index contributed by atoms with van der Waals surface area (Å²) in [5.41, 5.74) is 0. The van der Waals surface area contributed by atoms with Gasteiger partial charge in [-0.3, -0.25) is 4.79 Å². The first-order chi connectivity index (χ1) is 16.5. The Morgan fingerprint density at radius 3 is 2.37 bits per heavy atom. The normalized spacial score (nSPS) is 26.1. The van der Waals surface area contributed by atoms with Gasteiger partial charge in [0.15, 0.2) is 0 Å². The van der Waals surface area contributed by atoms with Gasteiger partial charge in [0.2, 0.25) is 5.91 Å². The summed E-state index contributed by atoms with van der Waals surface area (Å²) in [5.74, 6) is -4.82. The molecular weight excluding hydrogens is 476 g/mol. The Kier molecular flexibility index (Phi) is 13.3. The second kappa shape index (κ2) is 15.1. The zero-order valence-corrected chi connectivity index (χ0v) is 19.9. The van der Waals surface area contributed by atoms with Crippen molar-refractivity contribution in [1.29, 1.82) is 0 Å². The maximum atomic E-state index is 12.4. The maximum absolute atomic E-state index is 12.4. The Balaban J connectivity index is 2.79. The molecule has 204 valence electrons. The number of aliphatic hydroxyl groups is 4. The molecule has 0 bridgehead atoms. The smallest absolute Gasteiger partial charge is 0.407 e. The molecule has 0 aromatic heterocycles. The number of nitrogens with one attached hydrogen (secondary N) is 2. The number of hydrogen-bond donors (Lipinski definition) is 7. The second-order valence-corrected chi connectivity index (χ2v) is 8.01. The Hall–Kier alpha value is -2.11. The highest BCUT2D eigenvalue weighted by Crippen LogP contribution is 2.34. The molecule has 1 fully saturated rings. The summed E-state index contributed by atoms with van der Waals surface area (Å²) in [7, 11) is 1.51. The molecule has 0 spiro atoms. The van der Waals surface area contributed by atoms with Crippen LogP contribution in [-0.4, -0.2) is 133 Å². The van der Waals surface area contributed by atoms with E-state index >= 15 is 0 Å². The minimum atomic E-state index is -2.39. The highest BCUT2D eigenvalue weighted by atomic mass is 16.7. The molecule has 0 aromatic carbocycles. The van der Waals surface area contributed by atoms with E-state index in [-0.39, 0.29) is 13.2 Å². The van der Waals surface area contributed by atoms with Crippen molar-refractivity contribution in [2.45, 2.75) is 62.6 Å². The highest BCUT2D eigenvalue weighted by Gasteiger charge is 2.56. The summed E-state index contributed by atoms with van der Waals surface area (Å²) in [4.78, 5) is 36.0. The van der Waals surface area contributed by atoms with Gasteiger partial charge in [0.1, 0.15) is 31.5 Å². The van der Waals surface area contributed by atoms with Gasteiger partial charge in [-0.05, 0) is 13.8 Å². The molecule has 0 radical (unpaired) electrons. The largest absolute Gasteiger partial charge is 0.477 e. The molecular formula is C20H36N2O13. The van der Waals surface area contributed by atoms with E-state index in [0.29, 0.717) is 13.2 Å². The van der Waals surface area contributed by atoms with Crippen molar-refractivity contribution >= 4 is 18.0 Å². The number of carbonyl (C=O) groups is 3. The van der Waals surface area contributed by atoms with Crippen molar-refractivity contribution < 1.29 is 63.6 Å². The molecule has 0 aliphatic carbocycles. The zero-order chi connectivity index (χ0) is 26.6. The fourth-order valence-corrected chi connectivity index (χ4v) is 3.27. The van der Waals surface area contributed by atoms with Crippen molar-refractivity contribution in [3.05, 3.63) is 0 Å². The van der Waals surface area contributed by atoms with Gasteiger partial charge in [0.25, 0.3) is 5.79 Å². The van der Waals surface area contributed by atoms with Crippen LogP contribution in [0.5, 0.6) is 0 Å². The molecule has 1 saturated heterocycles. The number of carboxylic acids is 1. The molecule has 1 aliphatic heterocycles. The summed E-state index contributed by atoms with van der Waals surface area (Å²) in [6.07, 6.45) is -9.20. The fraction of sp³-hybridized carbons (Fsp3) is 0.850. The number of hydrogen-bond acceptors (Lipinski definition) is 12. The molecule has 15 heteroatoms. The van der Waals surface area contributed by atoms with Gasteiger partial charge in [-0.25, -0.2) is 9.59 Å². The number of amides is 2. The summed E-state index contributed by atoms with van der Waals surface area (Å²) >= 11 is 0. The van der Waals surface area contributed by atoms with E-state index in [1.807, 2.05) is 0 Å². The Labute approximate surface area is 202 Å². The summed E-state index contributed by atoms with van der Waals surface area (Å²) in [6, 6.07) is -1.42. The van der Waals surface area contributed by atoms with Gasteiger partial charge in [-0.15, -0.1) is 0 Å². The van der Waals surface area contributed by atoms with E-state index in [4.69, 9.17) is 23.7 Å². The van der Waals surface area contributed by atoms with E-state index in [1.165, 1.54) is 21.0 Å². The first kappa shape index (κ1) is 30.9. The van der Waals surface area contributed by atoms with Crippen molar-refractivity contribution in [3.63, 3.8) is 0 Å². The monoisotopic (exact) mass is 512 g/mol. The number of carbonyl (C=O) groups excluding carboxylic acids is 2. The van der Waals surface area contributed by atoms with E-state index in [1.54, 1.807) is 0 Å². The van der Waals surface area contributed by atoms with Crippen molar-refractivity contribution in [2.24, 2.45) is 0 Å². The van der Waals surface area contributed by atoms with Gasteiger partial charge in [0, 0.05) is 13.5 Å². The van der Waals surface area contributed by atoms with Crippen LogP contribution in [0.1, 0.15) is 20.3 Å². The summed E-state index contributed by atoms with van der Waals surface area (Å²) in [5, 5.41) is 54.3. The van der Waals surface area contributed by atoms with Crippen LogP contribution in [0.2, 0.25) is 0 Å². The lowest BCUT2D eigenvalue weighted by Gasteiger charge is -2.47. The van der Waals surface area contributed by atoms with E-state index in [9.17, 15) is 39.9 Å². The molecule has 2 amide bonds. The number of alkyl carbamates (subject to hydrolysis) is 1. The molecule has 1 heterocycles. The van der Waals surface area contributed by atoms with Crippen LogP contribution in [-0.2, 0) is 33.3 Å². The average Bonchev–Trinajstić information content (AvgIpc) is 2.79. The van der Waals surface area contributed by atoms with Gasteiger partial charge in [-0.1, -0.05) is 0 Å². The first-order valence-corrected chi connectivity index (χ1v) is 11.0. The zero-order valence-electron chi connectivity index (χ0n) is 19.9. The molecule has 6 atom stereocenters. The molecule has 15 nitrogen and oxygen atoms in total. The lowest BCUT2D eigenvalue weighted by molar-refractivity contribution is -0.319. The molecule has 6 unspecified atom stereocenters. The first-order valence-electron chi connectivity index (χ1n) is 11.0. The molecule has 0 aromatic rings. The van der Waals surface area contributed by atoms with Crippen LogP contribution in [0.3, 0.4) is 0 Å². The standard InChI is InChI=1S/C20H36N2O13/c1-11(2)34-20(18(28)29)8-12(24)15(17(35-20)16(27)13(25)10-23)22-14(26)9-21-19(30)33-7-6-32-5-4-31-3/h11-13,15-17,23-25,27H,4-10H2,1-3H3,(H,21,30)(H,22,26)(H,28,29). The third kappa shape index (κ3) is 9.81. The third-order valence-corrected chi connectivity index (χ3v) is 4.86. The number of methoxy groups -OCH3 is 1. The number of carboxylic acid groups (broad SMARTS) is 1. The van der Waals surface area contributed by atoms with Crippen molar-refractivity contribution in [1.82, 2.24) is 10.6 Å². The van der Waals surface area contributed by atoms with Gasteiger partial charge in [-0.2, -0.15) is 0 Å². The molecule has 1 rings (SSSR count). The van der Waals surface area contributed by atoms with E-state index in [0.717, 1.165) is 0 Å². The lowest BCUT2D eigenvalue weighted by atomic mass is 9.88. The van der Waals surface area contributed by atoms with Crippen LogP contribution in [0, 0.1) is 0 Å². The predicted molar refractivity (Wildman–Crippen MR) is 115 cm³/mol. The minimum Gasteiger partial charge on any atom is -0.477 e. The Bertz CT molecular complexity index is 679. The minimum absolute atomic E-state index is 0.0766. The Morgan fingerprint density at radius 1 is 1.14 bits per heavy atom. The van der Waals surface area contributed by atoms with Crippen LogP contribution in [0.4, 0.5) is 4.79 Å². The second-order valence-electron chi connectivity index (χ2n) is 8.01. The fourth-order valence-electron chi connectivity index (χ4n) is 3.27. The SMILES string of the molecule is COCCOCCOC(=O)NCC(=O)NC1C(O)CC(OC(C)C)(C(=O)O)OC1C(O)C(O)CO. The van der Waals surface area contributed by atoms with Gasteiger partial charge < -0.3 is 59.9 Å². The number of rotatable bonds is 15. The van der Waals surface area contributed by atoms with E-state index in [2.05, 4.69) is 10.6 Å². The topological polar surface area (TPSA) is 223 Å². The number of aliphatic hydroxyl groups excluding tert-OH is 4. The summed E-state index contributed by atoms with van der Waals surface area (Å²) < 4.78 is 25.6. The van der Waals surface area contributed by atoms with Crippen LogP contribution >= 0.6 is 0 Å². The van der Waals surface area contributed by atoms with E-state index < -0.39 is 79.9 Å². The van der Waals surface area contributed by atoms with Crippen molar-refractivity contribution in [2.75, 3.05) is 46.7 Å². The maximum Gasteiger partial charge on any atom is 0.407 e. The quantitative estimate of drug-likeness (QED) is 0.108. The molecule has 0 saturated carbocycles. The molecule has 35 heavy (non-hydrogen) atoms. The molecule has 1 aliphatic rings. The van der Waals surface area contributed by atoms with Gasteiger partial charge >= 0.3 is 12.1 Å². The van der Waals surface area contributed by atoms with Crippen LogP contribution in [0.15, 0.2) is 0 Å².